The summed E-state index contributed by atoms with van der Waals surface area (Å²) in [6.45, 7) is 0. The molecule has 6 heteroatoms. The maximum atomic E-state index is 5.84. The quantitative estimate of drug-likeness (QED) is 0.722. The van der Waals surface area contributed by atoms with Crippen molar-refractivity contribution in [1.29, 1.82) is 0 Å². The fourth-order valence-electron chi connectivity index (χ4n) is 1.52. The van der Waals surface area contributed by atoms with Crippen LogP contribution in [0.3, 0.4) is 0 Å². The van der Waals surface area contributed by atoms with Crippen LogP contribution in [0.4, 0.5) is 5.95 Å². The number of thiazole rings is 1. The van der Waals surface area contributed by atoms with Crippen molar-refractivity contribution in [3.05, 3.63) is 34.7 Å². The molecule has 2 N–H and O–H groups in total. The van der Waals surface area contributed by atoms with Crippen molar-refractivity contribution in [3.8, 4) is 11.3 Å². The van der Waals surface area contributed by atoms with Crippen LogP contribution < -0.4 is 5.73 Å². The van der Waals surface area contributed by atoms with Crippen molar-refractivity contribution in [1.82, 2.24) is 14.6 Å². The van der Waals surface area contributed by atoms with Crippen LogP contribution in [0.2, 0.25) is 5.02 Å². The van der Waals surface area contributed by atoms with Crippen LogP contribution in [0.15, 0.2) is 29.6 Å². The van der Waals surface area contributed by atoms with E-state index in [4.69, 9.17) is 17.3 Å². The molecule has 0 aliphatic carbocycles. The van der Waals surface area contributed by atoms with Crippen LogP contribution in [0.5, 0.6) is 0 Å². The smallest absolute Gasteiger partial charge is 0.241 e. The van der Waals surface area contributed by atoms with Crippen LogP contribution in [-0.4, -0.2) is 14.6 Å². The summed E-state index contributed by atoms with van der Waals surface area (Å²) in [5.74, 6) is 0.294. The summed E-state index contributed by atoms with van der Waals surface area (Å²) in [6.07, 6.45) is 0. The standard InChI is InChI=1S/C10H7ClN4S/c11-7-3-1-6(2-4-7)8-5-16-10-13-9(12)14-15(8)10/h1-5H,(H2,12,14). The molecule has 0 bridgehead atoms. The first-order valence-electron chi connectivity index (χ1n) is 4.60. The molecular formula is C10H7ClN4S. The number of nitrogens with two attached hydrogens (primary N) is 1. The minimum absolute atomic E-state index is 0.294. The Balaban J connectivity index is 2.21. The zero-order chi connectivity index (χ0) is 11.1. The lowest BCUT2D eigenvalue weighted by atomic mass is 10.2. The number of halogens is 1. The molecule has 80 valence electrons. The number of nitrogens with zero attached hydrogens (tertiary/aromatic N) is 3. The first-order chi connectivity index (χ1) is 7.74. The Labute approximate surface area is 100 Å². The number of hydrogen-bond donors (Lipinski definition) is 1. The van der Waals surface area contributed by atoms with E-state index in [0.29, 0.717) is 11.0 Å². The van der Waals surface area contributed by atoms with Gasteiger partial charge in [-0.3, -0.25) is 0 Å². The third-order valence-electron chi connectivity index (χ3n) is 2.24. The van der Waals surface area contributed by atoms with Crippen LogP contribution in [0, 0.1) is 0 Å². The van der Waals surface area contributed by atoms with Gasteiger partial charge in [-0.15, -0.1) is 16.4 Å². The van der Waals surface area contributed by atoms with Gasteiger partial charge < -0.3 is 5.73 Å². The predicted octanol–water partition coefficient (Wildman–Crippen LogP) is 2.69. The van der Waals surface area contributed by atoms with E-state index < -0.39 is 0 Å². The average Bonchev–Trinajstić information content (AvgIpc) is 2.78. The Morgan fingerprint density at radius 3 is 2.75 bits per heavy atom. The monoisotopic (exact) mass is 250 g/mol. The molecular weight excluding hydrogens is 244 g/mol. The van der Waals surface area contributed by atoms with Crippen molar-refractivity contribution < 1.29 is 0 Å². The summed E-state index contributed by atoms with van der Waals surface area (Å²) in [7, 11) is 0. The van der Waals surface area contributed by atoms with Crippen LogP contribution in [0.1, 0.15) is 0 Å². The Kier molecular flexibility index (Phi) is 2.08. The van der Waals surface area contributed by atoms with Crippen molar-refractivity contribution in [3.63, 3.8) is 0 Å². The first-order valence-corrected chi connectivity index (χ1v) is 5.85. The number of fused-ring (bicyclic) bond motifs is 1. The molecule has 4 nitrogen and oxygen atoms in total. The molecule has 0 fully saturated rings. The van der Waals surface area contributed by atoms with Gasteiger partial charge in [-0.05, 0) is 12.1 Å². The minimum atomic E-state index is 0.294. The second-order valence-corrected chi connectivity index (χ2v) is 4.57. The second-order valence-electron chi connectivity index (χ2n) is 3.29. The highest BCUT2D eigenvalue weighted by Crippen LogP contribution is 2.26. The van der Waals surface area contributed by atoms with Crippen molar-refractivity contribution >= 4 is 33.8 Å². The molecule has 2 aromatic heterocycles. The second kappa shape index (κ2) is 3.47. The maximum Gasteiger partial charge on any atom is 0.241 e. The average molecular weight is 251 g/mol. The fourth-order valence-corrected chi connectivity index (χ4v) is 2.48. The molecule has 3 rings (SSSR count). The molecule has 0 radical (unpaired) electrons. The molecule has 0 aliphatic rings. The van der Waals surface area contributed by atoms with Gasteiger partial charge in [-0.2, -0.15) is 4.98 Å². The van der Waals surface area contributed by atoms with E-state index in [1.165, 1.54) is 11.3 Å². The third-order valence-corrected chi connectivity index (χ3v) is 3.31. The summed E-state index contributed by atoms with van der Waals surface area (Å²) in [4.78, 5) is 4.89. The van der Waals surface area contributed by atoms with Crippen LogP contribution in [-0.2, 0) is 0 Å². The SMILES string of the molecule is Nc1nc2scc(-c3ccc(Cl)cc3)n2n1. The highest BCUT2D eigenvalue weighted by atomic mass is 35.5. The lowest BCUT2D eigenvalue weighted by molar-refractivity contribution is 0.992. The lowest BCUT2D eigenvalue weighted by Crippen LogP contribution is -1.91. The molecule has 3 aromatic rings. The first kappa shape index (κ1) is 9.62. The van der Waals surface area contributed by atoms with E-state index in [1.54, 1.807) is 4.52 Å². The van der Waals surface area contributed by atoms with Crippen molar-refractivity contribution in [2.24, 2.45) is 0 Å². The lowest BCUT2D eigenvalue weighted by Gasteiger charge is -1.98. The minimum Gasteiger partial charge on any atom is -0.366 e. The van der Waals surface area contributed by atoms with Gasteiger partial charge in [0.2, 0.25) is 10.9 Å². The Hall–Kier alpha value is -1.59. The van der Waals surface area contributed by atoms with Gasteiger partial charge >= 0.3 is 0 Å². The molecule has 1 aromatic carbocycles. The van der Waals surface area contributed by atoms with Gasteiger partial charge in [0.05, 0.1) is 5.69 Å². The molecule has 0 unspecified atom stereocenters. The number of anilines is 1. The normalized spacial score (nSPS) is 11.1. The fraction of sp³-hybridized carbons (Fsp3) is 0. The van der Waals surface area contributed by atoms with E-state index in [0.717, 1.165) is 16.2 Å². The molecule has 0 spiro atoms. The van der Waals surface area contributed by atoms with Crippen LogP contribution in [0.25, 0.3) is 16.2 Å². The highest BCUT2D eigenvalue weighted by Gasteiger charge is 2.09. The van der Waals surface area contributed by atoms with Gasteiger partial charge in [-0.25, -0.2) is 4.52 Å². The number of hydrogen-bond acceptors (Lipinski definition) is 4. The summed E-state index contributed by atoms with van der Waals surface area (Å²) in [6, 6.07) is 7.59. The molecule has 0 saturated heterocycles. The number of nitrogen functional groups attached to an aromatic ring is 1. The molecule has 0 amide bonds. The molecule has 2 heterocycles. The van der Waals surface area contributed by atoms with Crippen LogP contribution >= 0.6 is 22.9 Å². The van der Waals surface area contributed by atoms with Gasteiger partial charge in [0.25, 0.3) is 0 Å². The predicted molar refractivity (Wildman–Crippen MR) is 65.7 cm³/mol. The largest absolute Gasteiger partial charge is 0.366 e. The van der Waals surface area contributed by atoms with E-state index >= 15 is 0 Å². The summed E-state index contributed by atoms with van der Waals surface area (Å²) < 4.78 is 1.74. The zero-order valence-electron chi connectivity index (χ0n) is 8.09. The highest BCUT2D eigenvalue weighted by molar-refractivity contribution is 7.15. The zero-order valence-corrected chi connectivity index (χ0v) is 9.66. The molecule has 16 heavy (non-hydrogen) atoms. The van der Waals surface area contributed by atoms with Crippen molar-refractivity contribution in [2.75, 3.05) is 5.73 Å². The van der Waals surface area contributed by atoms with E-state index in [-0.39, 0.29) is 0 Å². The van der Waals surface area contributed by atoms with Crippen molar-refractivity contribution in [2.45, 2.75) is 0 Å². The summed E-state index contributed by atoms with van der Waals surface area (Å²) >= 11 is 7.35. The topological polar surface area (TPSA) is 56.2 Å². The van der Waals surface area contributed by atoms with E-state index in [2.05, 4.69) is 10.1 Å². The maximum absolute atomic E-state index is 5.84. The molecule has 0 saturated carbocycles. The van der Waals surface area contributed by atoms with Gasteiger partial charge in [-0.1, -0.05) is 23.7 Å². The Morgan fingerprint density at radius 1 is 1.25 bits per heavy atom. The van der Waals surface area contributed by atoms with Gasteiger partial charge in [0, 0.05) is 16.0 Å². The molecule has 0 atom stereocenters. The van der Waals surface area contributed by atoms with E-state index in [9.17, 15) is 0 Å². The Morgan fingerprint density at radius 2 is 2.00 bits per heavy atom. The number of rotatable bonds is 1. The summed E-state index contributed by atoms with van der Waals surface area (Å²) in [5.41, 5.74) is 7.56. The van der Waals surface area contributed by atoms with E-state index in [1.807, 2.05) is 29.6 Å². The third kappa shape index (κ3) is 1.45. The molecule has 0 aliphatic heterocycles. The summed E-state index contributed by atoms with van der Waals surface area (Å²) in [5, 5.41) is 6.85. The Bertz CT molecular complexity index is 640. The number of aromatic nitrogens is 3. The number of benzene rings is 1. The van der Waals surface area contributed by atoms with Gasteiger partial charge in [0.1, 0.15) is 0 Å². The van der Waals surface area contributed by atoms with Gasteiger partial charge in [0.15, 0.2) is 0 Å².